The predicted octanol–water partition coefficient (Wildman–Crippen LogP) is 2.65. The van der Waals surface area contributed by atoms with Crippen molar-refractivity contribution in [3.63, 3.8) is 0 Å². The average Bonchev–Trinajstić information content (AvgIpc) is 2.89. The summed E-state index contributed by atoms with van der Waals surface area (Å²) in [6, 6.07) is 0.587. The molecular weight excluding hydrogens is 192 g/mol. The Kier molecular flexibility index (Phi) is 3.37. The van der Waals surface area contributed by atoms with Crippen LogP contribution in [0.2, 0.25) is 0 Å². The number of rotatable bonds is 4. The molecule has 2 unspecified atom stereocenters. The van der Waals surface area contributed by atoms with Crippen LogP contribution in [0.4, 0.5) is 0 Å². The van der Waals surface area contributed by atoms with Gasteiger partial charge < -0.3 is 5.32 Å². The third-order valence-electron chi connectivity index (χ3n) is 2.92. The topological polar surface area (TPSA) is 24.4 Å². The van der Waals surface area contributed by atoms with Crippen molar-refractivity contribution >= 4 is 16.9 Å². The molecule has 0 saturated heterocycles. The number of thioether (sulfide) groups is 1. The molecule has 1 aliphatic carbocycles. The maximum absolute atomic E-state index is 4.57. The molecule has 0 bridgehead atoms. The van der Waals surface area contributed by atoms with Crippen LogP contribution in [0.15, 0.2) is 4.99 Å². The van der Waals surface area contributed by atoms with Crippen LogP contribution in [0.25, 0.3) is 0 Å². The number of nitrogens with zero attached hydrogens (tertiary/aromatic N) is 1. The van der Waals surface area contributed by atoms with E-state index in [9.17, 15) is 0 Å². The van der Waals surface area contributed by atoms with Gasteiger partial charge >= 0.3 is 0 Å². The third kappa shape index (κ3) is 2.66. The monoisotopic (exact) mass is 212 g/mol. The summed E-state index contributed by atoms with van der Waals surface area (Å²) in [6.45, 7) is 5.53. The molecule has 14 heavy (non-hydrogen) atoms. The second kappa shape index (κ2) is 4.56. The Morgan fingerprint density at radius 2 is 2.36 bits per heavy atom. The van der Waals surface area contributed by atoms with Gasteiger partial charge in [-0.1, -0.05) is 25.1 Å². The molecule has 1 fully saturated rings. The zero-order chi connectivity index (χ0) is 9.97. The molecule has 2 aliphatic rings. The molecule has 0 amide bonds. The molecule has 0 aromatic heterocycles. The highest BCUT2D eigenvalue weighted by Crippen LogP contribution is 2.41. The summed E-state index contributed by atoms with van der Waals surface area (Å²) in [6.07, 6.45) is 5.36. The number of hydrogen-bond donors (Lipinski definition) is 1. The number of aliphatic imine (C=N–C) groups is 1. The molecule has 0 aromatic carbocycles. The van der Waals surface area contributed by atoms with Gasteiger partial charge in [-0.25, -0.2) is 0 Å². The van der Waals surface area contributed by atoms with Gasteiger partial charge in [0.15, 0.2) is 5.17 Å². The highest BCUT2D eigenvalue weighted by molar-refractivity contribution is 8.14. The molecule has 2 rings (SSSR count). The van der Waals surface area contributed by atoms with E-state index in [4.69, 9.17) is 0 Å². The lowest BCUT2D eigenvalue weighted by Crippen LogP contribution is -2.29. The van der Waals surface area contributed by atoms with E-state index >= 15 is 0 Å². The van der Waals surface area contributed by atoms with E-state index < -0.39 is 0 Å². The first kappa shape index (κ1) is 10.3. The number of nitrogens with one attached hydrogen (secondary N) is 1. The summed E-state index contributed by atoms with van der Waals surface area (Å²) in [7, 11) is 0. The molecule has 80 valence electrons. The fourth-order valence-corrected chi connectivity index (χ4v) is 3.22. The van der Waals surface area contributed by atoms with Crippen LogP contribution in [0.1, 0.15) is 39.5 Å². The van der Waals surface area contributed by atoms with Gasteiger partial charge in [-0.3, -0.25) is 4.99 Å². The Balaban J connectivity index is 1.71. The Bertz CT molecular complexity index is 223. The molecule has 0 spiro atoms. The van der Waals surface area contributed by atoms with Crippen molar-refractivity contribution in [1.29, 1.82) is 0 Å². The number of hydrogen-bond acceptors (Lipinski definition) is 3. The van der Waals surface area contributed by atoms with Crippen molar-refractivity contribution in [2.24, 2.45) is 10.9 Å². The quantitative estimate of drug-likeness (QED) is 0.774. The van der Waals surface area contributed by atoms with Crippen molar-refractivity contribution in [2.45, 2.75) is 50.8 Å². The molecular formula is C11H20N2S. The largest absolute Gasteiger partial charge is 0.362 e. The van der Waals surface area contributed by atoms with E-state index in [1.807, 2.05) is 11.8 Å². The first-order valence-corrected chi connectivity index (χ1v) is 6.65. The van der Waals surface area contributed by atoms with Gasteiger partial charge in [0.25, 0.3) is 0 Å². The van der Waals surface area contributed by atoms with E-state index in [1.54, 1.807) is 0 Å². The zero-order valence-corrected chi connectivity index (χ0v) is 9.94. The van der Waals surface area contributed by atoms with Crippen LogP contribution >= 0.6 is 11.8 Å². The summed E-state index contributed by atoms with van der Waals surface area (Å²) < 4.78 is 0. The SMILES string of the molecule is CCCC(C)NC1=NCC(C2CC2)S1. The van der Waals surface area contributed by atoms with Crippen molar-refractivity contribution < 1.29 is 0 Å². The van der Waals surface area contributed by atoms with Gasteiger partial charge in [-0.2, -0.15) is 0 Å². The van der Waals surface area contributed by atoms with Crippen LogP contribution in [0.3, 0.4) is 0 Å². The van der Waals surface area contributed by atoms with Crippen LogP contribution in [-0.4, -0.2) is 23.0 Å². The smallest absolute Gasteiger partial charge is 0.157 e. The Morgan fingerprint density at radius 1 is 1.57 bits per heavy atom. The first-order chi connectivity index (χ1) is 6.79. The van der Waals surface area contributed by atoms with Gasteiger partial charge in [0.1, 0.15) is 0 Å². The second-order valence-electron chi connectivity index (χ2n) is 4.47. The third-order valence-corrected chi connectivity index (χ3v) is 4.22. The second-order valence-corrected chi connectivity index (χ2v) is 5.70. The maximum Gasteiger partial charge on any atom is 0.157 e. The fraction of sp³-hybridized carbons (Fsp3) is 0.909. The van der Waals surface area contributed by atoms with Gasteiger partial charge in [-0.15, -0.1) is 0 Å². The van der Waals surface area contributed by atoms with E-state index in [2.05, 4.69) is 24.2 Å². The first-order valence-electron chi connectivity index (χ1n) is 5.77. The molecule has 2 nitrogen and oxygen atoms in total. The Hall–Kier alpha value is -0.180. The minimum absolute atomic E-state index is 0.587. The van der Waals surface area contributed by atoms with E-state index in [0.717, 1.165) is 17.7 Å². The van der Waals surface area contributed by atoms with Gasteiger partial charge in [0, 0.05) is 11.3 Å². The van der Waals surface area contributed by atoms with Crippen LogP contribution in [0, 0.1) is 5.92 Å². The maximum atomic E-state index is 4.57. The highest BCUT2D eigenvalue weighted by atomic mass is 32.2. The fourth-order valence-electron chi connectivity index (χ4n) is 1.90. The van der Waals surface area contributed by atoms with E-state index in [1.165, 1.54) is 30.9 Å². The van der Waals surface area contributed by atoms with Crippen molar-refractivity contribution in [3.8, 4) is 0 Å². The lowest BCUT2D eigenvalue weighted by atomic mass is 10.2. The van der Waals surface area contributed by atoms with E-state index in [-0.39, 0.29) is 0 Å². The zero-order valence-electron chi connectivity index (χ0n) is 9.12. The molecule has 0 aromatic rings. The molecule has 1 saturated carbocycles. The summed E-state index contributed by atoms with van der Waals surface area (Å²) in [5.74, 6) is 0.976. The molecule has 1 heterocycles. The summed E-state index contributed by atoms with van der Waals surface area (Å²) in [5.41, 5.74) is 0. The van der Waals surface area contributed by atoms with Gasteiger partial charge in [-0.05, 0) is 32.1 Å². The highest BCUT2D eigenvalue weighted by Gasteiger charge is 2.35. The van der Waals surface area contributed by atoms with Crippen molar-refractivity contribution in [2.75, 3.05) is 6.54 Å². The van der Waals surface area contributed by atoms with Gasteiger partial charge in [0.05, 0.1) is 6.54 Å². The average molecular weight is 212 g/mol. The molecule has 2 atom stereocenters. The number of amidine groups is 1. The Morgan fingerprint density at radius 3 is 3.00 bits per heavy atom. The van der Waals surface area contributed by atoms with Crippen LogP contribution in [0.5, 0.6) is 0 Å². The lowest BCUT2D eigenvalue weighted by Gasteiger charge is -2.13. The summed E-state index contributed by atoms with van der Waals surface area (Å²) in [4.78, 5) is 4.57. The van der Waals surface area contributed by atoms with Crippen LogP contribution in [-0.2, 0) is 0 Å². The Labute approximate surface area is 90.9 Å². The minimum Gasteiger partial charge on any atom is -0.362 e. The normalized spacial score (nSPS) is 28.7. The van der Waals surface area contributed by atoms with Gasteiger partial charge in [0.2, 0.25) is 0 Å². The molecule has 1 aliphatic heterocycles. The predicted molar refractivity (Wildman–Crippen MR) is 63.9 cm³/mol. The lowest BCUT2D eigenvalue weighted by molar-refractivity contribution is 0.600. The standard InChI is InChI=1S/C11H20N2S/c1-3-4-8(2)13-11-12-7-10(14-11)9-5-6-9/h8-10H,3-7H2,1-2H3,(H,12,13). The summed E-state index contributed by atoms with van der Waals surface area (Å²) in [5, 5.41) is 5.50. The van der Waals surface area contributed by atoms with Crippen molar-refractivity contribution in [3.05, 3.63) is 0 Å². The molecule has 3 heteroatoms. The van der Waals surface area contributed by atoms with E-state index in [0.29, 0.717) is 6.04 Å². The minimum atomic E-state index is 0.587. The molecule has 0 radical (unpaired) electrons. The van der Waals surface area contributed by atoms with Crippen LogP contribution < -0.4 is 5.32 Å². The molecule has 1 N–H and O–H groups in total. The van der Waals surface area contributed by atoms with Crippen molar-refractivity contribution in [1.82, 2.24) is 5.32 Å². The summed E-state index contributed by atoms with van der Waals surface area (Å²) >= 11 is 1.97.